The number of imidazole rings is 1. The highest BCUT2D eigenvalue weighted by Gasteiger charge is 2.25. The van der Waals surface area contributed by atoms with Gasteiger partial charge in [-0.3, -0.25) is 9.59 Å². The van der Waals surface area contributed by atoms with E-state index in [1.807, 2.05) is 35.9 Å². The Morgan fingerprint density at radius 2 is 2.00 bits per heavy atom. The maximum Gasteiger partial charge on any atom is 0.253 e. The molecule has 4 rings (SSSR count). The molecule has 1 aromatic carbocycles. The molecule has 0 saturated heterocycles. The molecule has 0 radical (unpaired) electrons. The number of hydrogen-bond acceptors (Lipinski definition) is 3. The third kappa shape index (κ3) is 3.44. The predicted molar refractivity (Wildman–Crippen MR) is 99.2 cm³/mol. The van der Waals surface area contributed by atoms with Gasteiger partial charge in [0.25, 0.3) is 5.91 Å². The Balaban J connectivity index is 1.49. The Labute approximate surface area is 151 Å². The second-order valence-electron chi connectivity index (χ2n) is 6.67. The van der Waals surface area contributed by atoms with E-state index < -0.39 is 0 Å². The van der Waals surface area contributed by atoms with Crippen molar-refractivity contribution in [2.75, 3.05) is 5.32 Å². The van der Waals surface area contributed by atoms with Crippen molar-refractivity contribution in [2.45, 2.75) is 32.2 Å². The molecule has 2 heterocycles. The lowest BCUT2D eigenvalue weighted by molar-refractivity contribution is -0.115. The van der Waals surface area contributed by atoms with Crippen LogP contribution < -0.4 is 10.6 Å². The van der Waals surface area contributed by atoms with Crippen LogP contribution in [0.3, 0.4) is 0 Å². The molecule has 1 aliphatic rings. The van der Waals surface area contributed by atoms with Crippen molar-refractivity contribution in [1.29, 1.82) is 0 Å². The number of amides is 2. The third-order valence-corrected chi connectivity index (χ3v) is 4.43. The van der Waals surface area contributed by atoms with Crippen molar-refractivity contribution in [3.63, 3.8) is 0 Å². The highest BCUT2D eigenvalue weighted by molar-refractivity contribution is 6.04. The molecular weight excluding hydrogens is 328 g/mol. The number of pyridine rings is 1. The summed E-state index contributed by atoms with van der Waals surface area (Å²) in [6, 6.07) is 11.3. The minimum absolute atomic E-state index is 0.147. The lowest BCUT2D eigenvalue weighted by atomic mass is 10.1. The van der Waals surface area contributed by atoms with Crippen molar-refractivity contribution >= 4 is 23.1 Å². The van der Waals surface area contributed by atoms with Crippen molar-refractivity contribution in [3.8, 4) is 0 Å². The van der Waals surface area contributed by atoms with Crippen LogP contribution in [-0.2, 0) is 11.2 Å². The quantitative estimate of drug-likeness (QED) is 0.744. The average Bonchev–Trinajstić information content (AvgIpc) is 3.32. The zero-order valence-corrected chi connectivity index (χ0v) is 14.5. The first kappa shape index (κ1) is 16.3. The number of carbonyl (C=O) groups excluding carboxylic acids is 2. The minimum atomic E-state index is -0.197. The molecule has 1 fully saturated rings. The second kappa shape index (κ2) is 6.63. The Morgan fingerprint density at radius 1 is 1.19 bits per heavy atom. The number of nitrogens with zero attached hydrogens (tertiary/aromatic N) is 2. The highest BCUT2D eigenvalue weighted by Crippen LogP contribution is 2.21. The van der Waals surface area contributed by atoms with Crippen LogP contribution in [0.1, 0.15) is 34.5 Å². The summed E-state index contributed by atoms with van der Waals surface area (Å²) in [4.78, 5) is 29.3. The third-order valence-electron chi connectivity index (χ3n) is 4.43. The summed E-state index contributed by atoms with van der Waals surface area (Å²) in [7, 11) is 0. The Kier molecular flexibility index (Phi) is 4.16. The Bertz CT molecular complexity index is 988. The van der Waals surface area contributed by atoms with Crippen molar-refractivity contribution in [1.82, 2.24) is 14.7 Å². The first-order valence-electron chi connectivity index (χ1n) is 8.73. The van der Waals surface area contributed by atoms with Crippen LogP contribution in [0.25, 0.3) is 5.65 Å². The first-order chi connectivity index (χ1) is 12.6. The van der Waals surface area contributed by atoms with E-state index in [0.717, 1.165) is 24.1 Å². The molecule has 0 bridgehead atoms. The van der Waals surface area contributed by atoms with Crippen LogP contribution in [-0.4, -0.2) is 27.2 Å². The molecule has 1 aliphatic carbocycles. The minimum Gasteiger partial charge on any atom is -0.349 e. The summed E-state index contributed by atoms with van der Waals surface area (Å²) >= 11 is 0. The maximum atomic E-state index is 12.5. The van der Waals surface area contributed by atoms with Crippen LogP contribution in [0.4, 0.5) is 5.69 Å². The van der Waals surface area contributed by atoms with Crippen molar-refractivity contribution < 1.29 is 9.59 Å². The van der Waals surface area contributed by atoms with Crippen LogP contribution in [0, 0.1) is 6.92 Å². The molecule has 1 saturated carbocycles. The van der Waals surface area contributed by atoms with Crippen molar-refractivity contribution in [2.24, 2.45) is 0 Å². The average molecular weight is 348 g/mol. The summed E-state index contributed by atoms with van der Waals surface area (Å²) in [6.07, 6.45) is 5.96. The Hall–Kier alpha value is -3.15. The first-order valence-corrected chi connectivity index (χ1v) is 8.73. The molecule has 0 aliphatic heterocycles. The normalized spacial score (nSPS) is 13.6. The van der Waals surface area contributed by atoms with E-state index in [1.165, 1.54) is 0 Å². The van der Waals surface area contributed by atoms with Gasteiger partial charge in [0.15, 0.2) is 0 Å². The van der Waals surface area contributed by atoms with Gasteiger partial charge in [0.2, 0.25) is 5.91 Å². The summed E-state index contributed by atoms with van der Waals surface area (Å²) < 4.78 is 1.91. The predicted octanol–water partition coefficient (Wildman–Crippen LogP) is 2.72. The summed E-state index contributed by atoms with van der Waals surface area (Å²) in [6.45, 7) is 1.99. The molecular formula is C20H20N4O2. The molecule has 6 heteroatoms. The molecule has 2 amide bonds. The largest absolute Gasteiger partial charge is 0.349 e. The van der Waals surface area contributed by atoms with E-state index in [0.29, 0.717) is 16.9 Å². The summed E-state index contributed by atoms with van der Waals surface area (Å²) in [5, 5.41) is 5.80. The van der Waals surface area contributed by atoms with Gasteiger partial charge >= 0.3 is 0 Å². The van der Waals surface area contributed by atoms with Crippen LogP contribution in [0.2, 0.25) is 0 Å². The molecule has 3 aromatic rings. The maximum absolute atomic E-state index is 12.5. The molecule has 26 heavy (non-hydrogen) atoms. The van der Waals surface area contributed by atoms with Crippen LogP contribution >= 0.6 is 0 Å². The molecule has 2 aromatic heterocycles. The van der Waals surface area contributed by atoms with Gasteiger partial charge in [0, 0.05) is 18.4 Å². The number of hydrogen-bond donors (Lipinski definition) is 2. The van der Waals surface area contributed by atoms with E-state index in [2.05, 4.69) is 15.6 Å². The zero-order valence-electron chi connectivity index (χ0n) is 14.5. The molecule has 0 unspecified atom stereocenters. The topological polar surface area (TPSA) is 75.5 Å². The summed E-state index contributed by atoms with van der Waals surface area (Å²) in [5.74, 6) is -0.343. The number of nitrogens with one attached hydrogen (secondary N) is 2. The van der Waals surface area contributed by atoms with E-state index in [9.17, 15) is 9.59 Å². The number of aromatic nitrogens is 2. The fourth-order valence-electron chi connectivity index (χ4n) is 2.93. The van der Waals surface area contributed by atoms with E-state index >= 15 is 0 Å². The Morgan fingerprint density at radius 3 is 2.77 bits per heavy atom. The number of aryl methyl sites for hydroxylation is 1. The van der Waals surface area contributed by atoms with E-state index in [-0.39, 0.29) is 24.3 Å². The number of carbonyl (C=O) groups is 2. The van der Waals surface area contributed by atoms with Gasteiger partial charge < -0.3 is 15.0 Å². The lowest BCUT2D eigenvalue weighted by Crippen LogP contribution is -2.27. The van der Waals surface area contributed by atoms with Crippen LogP contribution in [0.15, 0.2) is 48.8 Å². The second-order valence-corrected chi connectivity index (χ2v) is 6.67. The molecule has 6 nitrogen and oxygen atoms in total. The molecule has 0 spiro atoms. The van der Waals surface area contributed by atoms with Gasteiger partial charge in [0.1, 0.15) is 5.65 Å². The highest BCUT2D eigenvalue weighted by atomic mass is 16.2. The standard InChI is InChI=1S/C20H20N4O2/c1-13-5-4-10-24-12-15(21-19(13)24)11-18(25)23-17-7-3-2-6-16(17)20(26)22-14-8-9-14/h2-7,10,12,14H,8-9,11H2,1H3,(H,22,26)(H,23,25). The van der Waals surface area contributed by atoms with Gasteiger partial charge in [-0.25, -0.2) is 4.98 Å². The number of para-hydroxylation sites is 1. The molecule has 0 atom stereocenters. The SMILES string of the molecule is Cc1cccn2cc(CC(=O)Nc3ccccc3C(=O)NC3CC3)nc12. The number of benzene rings is 1. The van der Waals surface area contributed by atoms with Gasteiger partial charge in [-0.1, -0.05) is 18.2 Å². The summed E-state index contributed by atoms with van der Waals surface area (Å²) in [5.41, 5.74) is 3.60. The van der Waals surface area contributed by atoms with E-state index in [1.54, 1.807) is 24.3 Å². The van der Waals surface area contributed by atoms with Crippen molar-refractivity contribution in [3.05, 3.63) is 65.6 Å². The van der Waals surface area contributed by atoms with E-state index in [4.69, 9.17) is 0 Å². The van der Waals surface area contributed by atoms with Gasteiger partial charge in [-0.15, -0.1) is 0 Å². The monoisotopic (exact) mass is 348 g/mol. The fraction of sp³-hybridized carbons (Fsp3) is 0.250. The van der Waals surface area contributed by atoms with Gasteiger partial charge in [-0.2, -0.15) is 0 Å². The molecule has 2 N–H and O–H groups in total. The molecule has 132 valence electrons. The number of anilines is 1. The van der Waals surface area contributed by atoms with Gasteiger partial charge in [0.05, 0.1) is 23.4 Å². The number of rotatable bonds is 5. The van der Waals surface area contributed by atoms with Gasteiger partial charge in [-0.05, 0) is 43.5 Å². The van der Waals surface area contributed by atoms with Crippen LogP contribution in [0.5, 0.6) is 0 Å². The fourth-order valence-corrected chi connectivity index (χ4v) is 2.93. The lowest BCUT2D eigenvalue weighted by Gasteiger charge is -2.10. The number of fused-ring (bicyclic) bond motifs is 1. The smallest absolute Gasteiger partial charge is 0.253 e. The zero-order chi connectivity index (χ0) is 18.1.